The minimum absolute atomic E-state index is 0.191. The molecule has 92 valence electrons. The molecule has 0 atom stereocenters. The first-order valence-electron chi connectivity index (χ1n) is 4.97. The number of hydrogen-bond acceptors (Lipinski definition) is 3. The number of aromatic nitrogens is 1. The fourth-order valence-electron chi connectivity index (χ4n) is 1.36. The van der Waals surface area contributed by atoms with Crippen molar-refractivity contribution in [2.75, 3.05) is 5.32 Å². The highest BCUT2D eigenvalue weighted by Gasteiger charge is 2.06. The molecule has 2 N–H and O–H groups in total. The van der Waals surface area contributed by atoms with E-state index in [1.165, 1.54) is 18.3 Å². The van der Waals surface area contributed by atoms with Gasteiger partial charge in [0, 0.05) is 14.8 Å². The third kappa shape index (κ3) is 3.11. The molecule has 1 heterocycles. The van der Waals surface area contributed by atoms with Crippen LogP contribution in [0.25, 0.3) is 0 Å². The van der Waals surface area contributed by atoms with E-state index in [4.69, 9.17) is 16.7 Å². The van der Waals surface area contributed by atoms with Gasteiger partial charge in [0.1, 0.15) is 5.82 Å². The second kappa shape index (κ2) is 5.53. The Balaban J connectivity index is 2.28. The van der Waals surface area contributed by atoms with E-state index in [1.807, 2.05) is 12.1 Å². The van der Waals surface area contributed by atoms with Gasteiger partial charge in [0.15, 0.2) is 0 Å². The topological polar surface area (TPSA) is 62.2 Å². The molecule has 0 radical (unpaired) electrons. The average molecular weight is 375 g/mol. The van der Waals surface area contributed by atoms with Gasteiger partial charge >= 0.3 is 5.97 Å². The van der Waals surface area contributed by atoms with E-state index in [0.29, 0.717) is 10.8 Å². The van der Waals surface area contributed by atoms with Crippen LogP contribution >= 0.6 is 34.2 Å². The zero-order chi connectivity index (χ0) is 13.1. The van der Waals surface area contributed by atoms with Crippen molar-refractivity contribution < 1.29 is 9.90 Å². The number of carboxylic acid groups (broad SMARTS) is 1. The number of rotatable bonds is 3. The Kier molecular flexibility index (Phi) is 4.03. The summed E-state index contributed by atoms with van der Waals surface area (Å²) in [5, 5.41) is 12.6. The predicted octanol–water partition coefficient (Wildman–Crippen LogP) is 3.78. The highest BCUT2D eigenvalue weighted by Crippen LogP contribution is 2.25. The standard InChI is InChI=1S/C12H8ClIN2O2/c13-8-1-2-10(9(14)6-8)16-11-5-7(12(17)18)3-4-15-11/h1-6H,(H,15,16)(H,17,18). The lowest BCUT2D eigenvalue weighted by molar-refractivity contribution is 0.0697. The molecule has 2 aromatic rings. The van der Waals surface area contributed by atoms with Crippen molar-refractivity contribution in [3.05, 3.63) is 50.7 Å². The van der Waals surface area contributed by atoms with Crippen molar-refractivity contribution in [3.8, 4) is 0 Å². The number of hydrogen-bond donors (Lipinski definition) is 2. The Bertz CT molecular complexity index is 604. The quantitative estimate of drug-likeness (QED) is 0.803. The molecule has 0 aliphatic heterocycles. The van der Waals surface area contributed by atoms with E-state index in [0.717, 1.165) is 9.26 Å². The second-order valence-electron chi connectivity index (χ2n) is 3.48. The van der Waals surface area contributed by atoms with Gasteiger partial charge in [-0.1, -0.05) is 11.6 Å². The molecule has 0 spiro atoms. The molecular weight excluding hydrogens is 367 g/mol. The maximum Gasteiger partial charge on any atom is 0.335 e. The van der Waals surface area contributed by atoms with Crippen molar-refractivity contribution >= 4 is 51.7 Å². The average Bonchev–Trinajstić information content (AvgIpc) is 2.33. The largest absolute Gasteiger partial charge is 0.478 e. The fraction of sp³-hybridized carbons (Fsp3) is 0. The minimum Gasteiger partial charge on any atom is -0.478 e. The minimum atomic E-state index is -0.980. The zero-order valence-corrected chi connectivity index (χ0v) is 11.9. The smallest absolute Gasteiger partial charge is 0.335 e. The van der Waals surface area contributed by atoms with E-state index in [9.17, 15) is 4.79 Å². The maximum atomic E-state index is 10.8. The van der Waals surface area contributed by atoms with Crippen LogP contribution in [0.4, 0.5) is 11.5 Å². The van der Waals surface area contributed by atoms with Crippen LogP contribution in [-0.2, 0) is 0 Å². The Morgan fingerprint density at radius 2 is 2.11 bits per heavy atom. The molecule has 6 heteroatoms. The van der Waals surface area contributed by atoms with Gasteiger partial charge in [-0.2, -0.15) is 0 Å². The zero-order valence-electron chi connectivity index (χ0n) is 9.02. The van der Waals surface area contributed by atoms with E-state index in [-0.39, 0.29) is 5.56 Å². The molecule has 4 nitrogen and oxygen atoms in total. The lowest BCUT2D eigenvalue weighted by Crippen LogP contribution is -2.00. The molecule has 1 aromatic carbocycles. The number of carbonyl (C=O) groups is 1. The fourth-order valence-corrected chi connectivity index (χ4v) is 2.37. The van der Waals surface area contributed by atoms with Gasteiger partial charge in [0.25, 0.3) is 0 Å². The number of carboxylic acids is 1. The third-order valence-corrected chi connectivity index (χ3v) is 3.33. The second-order valence-corrected chi connectivity index (χ2v) is 5.08. The number of aromatic carboxylic acids is 1. The first-order chi connectivity index (χ1) is 8.56. The molecular formula is C12H8ClIN2O2. The lowest BCUT2D eigenvalue weighted by atomic mass is 10.2. The van der Waals surface area contributed by atoms with Crippen LogP contribution in [0.5, 0.6) is 0 Å². The molecule has 0 aliphatic carbocycles. The molecule has 0 fully saturated rings. The van der Waals surface area contributed by atoms with Crippen LogP contribution in [0.2, 0.25) is 5.02 Å². The summed E-state index contributed by atoms with van der Waals surface area (Å²) in [6, 6.07) is 8.31. The summed E-state index contributed by atoms with van der Waals surface area (Å²) in [7, 11) is 0. The summed E-state index contributed by atoms with van der Waals surface area (Å²) in [5.41, 5.74) is 1.02. The van der Waals surface area contributed by atoms with E-state index in [2.05, 4.69) is 32.9 Å². The monoisotopic (exact) mass is 374 g/mol. The molecule has 0 saturated heterocycles. The van der Waals surface area contributed by atoms with E-state index in [1.54, 1.807) is 6.07 Å². The van der Waals surface area contributed by atoms with Gasteiger partial charge < -0.3 is 10.4 Å². The molecule has 0 unspecified atom stereocenters. The number of pyridine rings is 1. The summed E-state index contributed by atoms with van der Waals surface area (Å²) < 4.78 is 0.933. The molecule has 18 heavy (non-hydrogen) atoms. The normalized spacial score (nSPS) is 10.1. The molecule has 0 aliphatic rings. The van der Waals surface area contributed by atoms with Gasteiger partial charge in [-0.05, 0) is 52.9 Å². The Morgan fingerprint density at radius 3 is 2.78 bits per heavy atom. The van der Waals surface area contributed by atoms with Crippen molar-refractivity contribution in [1.82, 2.24) is 4.98 Å². The maximum absolute atomic E-state index is 10.8. The number of nitrogens with zero attached hydrogens (tertiary/aromatic N) is 1. The Morgan fingerprint density at radius 1 is 1.33 bits per heavy atom. The number of halogens is 2. The molecule has 2 rings (SSSR count). The van der Waals surface area contributed by atoms with Crippen molar-refractivity contribution in [3.63, 3.8) is 0 Å². The van der Waals surface area contributed by atoms with Crippen molar-refractivity contribution in [2.24, 2.45) is 0 Å². The summed E-state index contributed by atoms with van der Waals surface area (Å²) in [6.07, 6.45) is 1.45. The molecule has 0 amide bonds. The van der Waals surface area contributed by atoms with E-state index >= 15 is 0 Å². The van der Waals surface area contributed by atoms with Crippen LogP contribution in [0.1, 0.15) is 10.4 Å². The van der Waals surface area contributed by atoms with Gasteiger partial charge in [-0.25, -0.2) is 9.78 Å². The van der Waals surface area contributed by atoms with Gasteiger partial charge in [0.2, 0.25) is 0 Å². The van der Waals surface area contributed by atoms with E-state index < -0.39 is 5.97 Å². The Labute approximate surface area is 122 Å². The van der Waals surface area contributed by atoms with Crippen molar-refractivity contribution in [1.29, 1.82) is 0 Å². The first-order valence-corrected chi connectivity index (χ1v) is 6.43. The highest BCUT2D eigenvalue weighted by atomic mass is 127. The SMILES string of the molecule is O=C(O)c1ccnc(Nc2ccc(Cl)cc2I)c1. The van der Waals surface area contributed by atoms with Crippen LogP contribution in [-0.4, -0.2) is 16.1 Å². The summed E-state index contributed by atoms with van der Waals surface area (Å²) in [6.45, 7) is 0. The van der Waals surface area contributed by atoms with Crippen molar-refractivity contribution in [2.45, 2.75) is 0 Å². The number of nitrogens with one attached hydrogen (secondary N) is 1. The van der Waals surface area contributed by atoms with Crippen LogP contribution < -0.4 is 5.32 Å². The van der Waals surface area contributed by atoms with Crippen LogP contribution in [0, 0.1) is 3.57 Å². The lowest BCUT2D eigenvalue weighted by Gasteiger charge is -2.08. The molecule has 0 bridgehead atoms. The van der Waals surface area contributed by atoms with Gasteiger partial charge in [-0.3, -0.25) is 0 Å². The third-order valence-electron chi connectivity index (χ3n) is 2.20. The predicted molar refractivity (Wildman–Crippen MR) is 78.6 cm³/mol. The Hall–Kier alpha value is -1.34. The first kappa shape index (κ1) is 13.1. The summed E-state index contributed by atoms with van der Waals surface area (Å²) in [5.74, 6) is -0.499. The molecule has 0 saturated carbocycles. The summed E-state index contributed by atoms with van der Waals surface area (Å²) >= 11 is 8.00. The number of benzene rings is 1. The summed E-state index contributed by atoms with van der Waals surface area (Å²) in [4.78, 5) is 14.9. The van der Waals surface area contributed by atoms with Crippen LogP contribution in [0.15, 0.2) is 36.5 Å². The van der Waals surface area contributed by atoms with Gasteiger partial charge in [-0.15, -0.1) is 0 Å². The van der Waals surface area contributed by atoms with Gasteiger partial charge in [0.05, 0.1) is 11.3 Å². The van der Waals surface area contributed by atoms with Crippen LogP contribution in [0.3, 0.4) is 0 Å². The highest BCUT2D eigenvalue weighted by molar-refractivity contribution is 14.1. The molecule has 1 aromatic heterocycles. The number of anilines is 2.